The zero-order valence-electron chi connectivity index (χ0n) is 5.52. The highest BCUT2D eigenvalue weighted by molar-refractivity contribution is 5.37. The van der Waals surface area contributed by atoms with Gasteiger partial charge in [-0.25, -0.2) is 0 Å². The Morgan fingerprint density at radius 1 is 1.67 bits per heavy atom. The molecule has 48 valence electrons. The first kappa shape index (κ1) is 6.14. The molecule has 1 rings (SSSR count). The van der Waals surface area contributed by atoms with Crippen LogP contribution in [-0.2, 0) is 0 Å². The summed E-state index contributed by atoms with van der Waals surface area (Å²) < 4.78 is 0. The van der Waals surface area contributed by atoms with Crippen LogP contribution in [0, 0.1) is 0 Å². The monoisotopic (exact) mass is 122 g/mol. The van der Waals surface area contributed by atoms with E-state index in [1.165, 1.54) is 0 Å². The van der Waals surface area contributed by atoms with Gasteiger partial charge in [-0.1, -0.05) is 18.7 Å². The maximum atomic E-state index is 9.18. The second-order valence-corrected chi connectivity index (χ2v) is 2.24. The van der Waals surface area contributed by atoms with E-state index in [9.17, 15) is 5.11 Å². The third kappa shape index (κ3) is 1.04. The topological polar surface area (TPSA) is 20.2 Å². The number of aliphatic hydroxyl groups excluding tert-OH is 1. The molecule has 0 atom stereocenters. The minimum atomic E-state index is 0.359. The SMILES string of the molecule is C=C1CC=CC(C)=C1O. The summed E-state index contributed by atoms with van der Waals surface area (Å²) in [6.07, 6.45) is 4.69. The minimum absolute atomic E-state index is 0.359. The van der Waals surface area contributed by atoms with E-state index in [0.29, 0.717) is 5.76 Å². The van der Waals surface area contributed by atoms with Crippen LogP contribution in [0.3, 0.4) is 0 Å². The van der Waals surface area contributed by atoms with Gasteiger partial charge >= 0.3 is 0 Å². The molecule has 0 amide bonds. The molecule has 0 aliphatic heterocycles. The summed E-state index contributed by atoms with van der Waals surface area (Å²) in [5.41, 5.74) is 1.72. The summed E-state index contributed by atoms with van der Waals surface area (Å²) in [6, 6.07) is 0. The van der Waals surface area contributed by atoms with Gasteiger partial charge in [0.05, 0.1) is 0 Å². The van der Waals surface area contributed by atoms with Crippen LogP contribution < -0.4 is 0 Å². The zero-order chi connectivity index (χ0) is 6.85. The van der Waals surface area contributed by atoms with Gasteiger partial charge in [0, 0.05) is 0 Å². The first-order valence-electron chi connectivity index (χ1n) is 2.96. The molecule has 0 radical (unpaired) electrons. The molecule has 0 heterocycles. The number of rotatable bonds is 0. The van der Waals surface area contributed by atoms with Gasteiger partial charge in [0.1, 0.15) is 5.76 Å². The fourth-order valence-corrected chi connectivity index (χ4v) is 0.832. The second-order valence-electron chi connectivity index (χ2n) is 2.24. The Morgan fingerprint density at radius 2 is 2.33 bits per heavy atom. The van der Waals surface area contributed by atoms with Gasteiger partial charge in [-0.3, -0.25) is 0 Å². The van der Waals surface area contributed by atoms with Crippen molar-refractivity contribution in [2.24, 2.45) is 0 Å². The smallest absolute Gasteiger partial charge is 0.121 e. The minimum Gasteiger partial charge on any atom is -0.507 e. The first-order chi connectivity index (χ1) is 4.22. The lowest BCUT2D eigenvalue weighted by atomic mass is 10.0. The summed E-state index contributed by atoms with van der Waals surface area (Å²) in [5, 5.41) is 9.18. The third-order valence-corrected chi connectivity index (χ3v) is 1.44. The Kier molecular flexibility index (Phi) is 1.43. The van der Waals surface area contributed by atoms with Crippen molar-refractivity contribution in [1.82, 2.24) is 0 Å². The predicted octanol–water partition coefficient (Wildman–Crippen LogP) is 2.33. The van der Waals surface area contributed by atoms with Crippen LogP contribution in [-0.4, -0.2) is 5.11 Å². The zero-order valence-corrected chi connectivity index (χ0v) is 5.52. The van der Waals surface area contributed by atoms with E-state index >= 15 is 0 Å². The molecular weight excluding hydrogens is 112 g/mol. The summed E-state index contributed by atoms with van der Waals surface area (Å²) in [7, 11) is 0. The Hall–Kier alpha value is -0.980. The van der Waals surface area contributed by atoms with Gasteiger partial charge in [-0.2, -0.15) is 0 Å². The highest BCUT2D eigenvalue weighted by atomic mass is 16.3. The van der Waals surface area contributed by atoms with E-state index in [0.717, 1.165) is 17.6 Å². The van der Waals surface area contributed by atoms with Crippen LogP contribution in [0.5, 0.6) is 0 Å². The van der Waals surface area contributed by atoms with E-state index in [-0.39, 0.29) is 0 Å². The molecule has 1 nitrogen and oxygen atoms in total. The highest BCUT2D eigenvalue weighted by Crippen LogP contribution is 2.19. The van der Waals surface area contributed by atoms with Crippen LogP contribution in [0.1, 0.15) is 13.3 Å². The van der Waals surface area contributed by atoms with Crippen LogP contribution in [0.2, 0.25) is 0 Å². The molecule has 1 N–H and O–H groups in total. The number of aliphatic hydroxyl groups is 1. The van der Waals surface area contributed by atoms with E-state index < -0.39 is 0 Å². The van der Waals surface area contributed by atoms with Gasteiger partial charge in [-0.05, 0) is 24.5 Å². The average Bonchev–Trinajstić information content (AvgIpc) is 1.83. The molecule has 9 heavy (non-hydrogen) atoms. The lowest BCUT2D eigenvalue weighted by Crippen LogP contribution is -1.93. The molecule has 0 bridgehead atoms. The van der Waals surface area contributed by atoms with Crippen molar-refractivity contribution >= 4 is 0 Å². The van der Waals surface area contributed by atoms with Crippen LogP contribution in [0.4, 0.5) is 0 Å². The molecule has 0 aromatic rings. The van der Waals surface area contributed by atoms with Gasteiger partial charge in [-0.15, -0.1) is 0 Å². The highest BCUT2D eigenvalue weighted by Gasteiger charge is 2.04. The third-order valence-electron chi connectivity index (χ3n) is 1.44. The maximum absolute atomic E-state index is 9.18. The van der Waals surface area contributed by atoms with Crippen molar-refractivity contribution in [1.29, 1.82) is 0 Å². The van der Waals surface area contributed by atoms with Gasteiger partial charge in [0.25, 0.3) is 0 Å². The molecule has 1 heteroatoms. The van der Waals surface area contributed by atoms with Gasteiger partial charge < -0.3 is 5.11 Å². The van der Waals surface area contributed by atoms with Gasteiger partial charge in [0.15, 0.2) is 0 Å². The van der Waals surface area contributed by atoms with Crippen molar-refractivity contribution in [3.63, 3.8) is 0 Å². The van der Waals surface area contributed by atoms with Crippen molar-refractivity contribution < 1.29 is 5.11 Å². The summed E-state index contributed by atoms with van der Waals surface area (Å²) >= 11 is 0. The van der Waals surface area contributed by atoms with E-state index in [4.69, 9.17) is 0 Å². The molecule has 0 aromatic carbocycles. The molecule has 1 aliphatic carbocycles. The number of hydrogen-bond donors (Lipinski definition) is 1. The molecule has 0 aromatic heterocycles. The van der Waals surface area contributed by atoms with Crippen LogP contribution in [0.15, 0.2) is 35.6 Å². The second kappa shape index (κ2) is 2.09. The molecular formula is C8H10O. The Labute approximate surface area is 55.0 Å². The summed E-state index contributed by atoms with van der Waals surface area (Å²) in [6.45, 7) is 5.56. The Morgan fingerprint density at radius 3 is 2.78 bits per heavy atom. The van der Waals surface area contributed by atoms with Crippen molar-refractivity contribution in [2.75, 3.05) is 0 Å². The quantitative estimate of drug-likeness (QED) is 0.522. The molecule has 0 unspecified atom stereocenters. The Balaban J connectivity index is 2.97. The van der Waals surface area contributed by atoms with E-state index in [1.807, 2.05) is 19.1 Å². The number of allylic oxidation sites excluding steroid dienone is 4. The van der Waals surface area contributed by atoms with E-state index in [1.54, 1.807) is 0 Å². The Bertz CT molecular complexity index is 197. The van der Waals surface area contributed by atoms with Crippen molar-refractivity contribution in [3.05, 3.63) is 35.6 Å². The molecule has 0 saturated heterocycles. The molecule has 0 saturated carbocycles. The molecule has 1 aliphatic rings. The van der Waals surface area contributed by atoms with Crippen molar-refractivity contribution in [3.8, 4) is 0 Å². The largest absolute Gasteiger partial charge is 0.507 e. The van der Waals surface area contributed by atoms with Crippen LogP contribution in [0.25, 0.3) is 0 Å². The predicted molar refractivity (Wildman–Crippen MR) is 38.2 cm³/mol. The van der Waals surface area contributed by atoms with E-state index in [2.05, 4.69) is 6.58 Å². The van der Waals surface area contributed by atoms with Crippen LogP contribution >= 0.6 is 0 Å². The number of hydrogen-bond acceptors (Lipinski definition) is 1. The lowest BCUT2D eigenvalue weighted by Gasteiger charge is -2.08. The lowest BCUT2D eigenvalue weighted by molar-refractivity contribution is 0.415. The molecule has 0 spiro atoms. The molecule has 0 fully saturated rings. The normalized spacial score (nSPS) is 19.0. The average molecular weight is 122 g/mol. The fourth-order valence-electron chi connectivity index (χ4n) is 0.832. The standard InChI is InChI=1S/C8H10O/c1-6-4-3-5-7(2)8(6)9/h3,5,9H,1,4H2,2H3. The summed E-state index contributed by atoms with van der Waals surface area (Å²) in [4.78, 5) is 0. The maximum Gasteiger partial charge on any atom is 0.121 e. The van der Waals surface area contributed by atoms with Crippen molar-refractivity contribution in [2.45, 2.75) is 13.3 Å². The first-order valence-corrected chi connectivity index (χ1v) is 2.96. The van der Waals surface area contributed by atoms with Gasteiger partial charge in [0.2, 0.25) is 0 Å². The summed E-state index contributed by atoms with van der Waals surface area (Å²) in [5.74, 6) is 0.359. The fraction of sp³-hybridized carbons (Fsp3) is 0.250.